The monoisotopic (exact) mass is 256 g/mol. The number of imide groups is 1. The van der Waals surface area contributed by atoms with Crippen molar-refractivity contribution < 1.29 is 28.0 Å². The van der Waals surface area contributed by atoms with Crippen LogP contribution in [0.4, 0.5) is 8.78 Å². The quantitative estimate of drug-likeness (QED) is 0.571. The van der Waals surface area contributed by atoms with E-state index in [4.69, 9.17) is 0 Å². The van der Waals surface area contributed by atoms with Gasteiger partial charge in [-0.25, -0.2) is 14.2 Å². The Morgan fingerprint density at radius 3 is 2.50 bits per heavy atom. The van der Waals surface area contributed by atoms with E-state index in [9.17, 15) is 23.2 Å². The molecule has 6 nitrogen and oxygen atoms in total. The average molecular weight is 256 g/mol. The number of rotatable bonds is 2. The van der Waals surface area contributed by atoms with Gasteiger partial charge in [0.15, 0.2) is 5.82 Å². The van der Waals surface area contributed by atoms with Gasteiger partial charge in [-0.2, -0.15) is 4.39 Å². The highest BCUT2D eigenvalue weighted by atomic mass is 19.1. The van der Waals surface area contributed by atoms with E-state index in [0.29, 0.717) is 12.3 Å². The fourth-order valence-corrected chi connectivity index (χ4v) is 1.36. The van der Waals surface area contributed by atoms with Crippen molar-refractivity contribution >= 4 is 17.8 Å². The molecule has 0 atom stereocenters. The molecule has 0 N–H and O–H groups in total. The van der Waals surface area contributed by atoms with Crippen LogP contribution < -0.4 is 0 Å². The van der Waals surface area contributed by atoms with Gasteiger partial charge >= 0.3 is 5.97 Å². The first-order chi connectivity index (χ1) is 8.49. The zero-order valence-electron chi connectivity index (χ0n) is 8.85. The molecule has 1 aliphatic rings. The molecule has 0 saturated carbocycles. The number of carbonyl (C=O) groups is 3. The first-order valence-electron chi connectivity index (χ1n) is 4.88. The van der Waals surface area contributed by atoms with Crippen LogP contribution in [0.3, 0.4) is 0 Å². The lowest BCUT2D eigenvalue weighted by atomic mass is 10.2. The van der Waals surface area contributed by atoms with E-state index in [1.165, 1.54) is 0 Å². The largest absolute Gasteiger partial charge is 0.367 e. The van der Waals surface area contributed by atoms with E-state index < -0.39 is 35.1 Å². The summed E-state index contributed by atoms with van der Waals surface area (Å²) in [5.74, 6) is -4.94. The SMILES string of the molecule is O=C(ON1C(=O)CCC1=O)c1cc(F)ncc1F. The summed E-state index contributed by atoms with van der Waals surface area (Å²) in [6.07, 6.45) is 0.332. The minimum Gasteiger partial charge on any atom is -0.325 e. The second-order valence-electron chi connectivity index (χ2n) is 3.45. The van der Waals surface area contributed by atoms with Crippen molar-refractivity contribution in [2.24, 2.45) is 0 Å². The maximum Gasteiger partial charge on any atom is 0.367 e. The van der Waals surface area contributed by atoms with Crippen LogP contribution >= 0.6 is 0 Å². The molecule has 2 amide bonds. The van der Waals surface area contributed by atoms with E-state index in [1.807, 2.05) is 0 Å². The Morgan fingerprint density at radius 2 is 1.89 bits per heavy atom. The van der Waals surface area contributed by atoms with Crippen LogP contribution in [-0.2, 0) is 14.4 Å². The number of carbonyl (C=O) groups excluding carboxylic acids is 3. The van der Waals surface area contributed by atoms with Crippen LogP contribution in [0.5, 0.6) is 0 Å². The topological polar surface area (TPSA) is 76.6 Å². The van der Waals surface area contributed by atoms with Crippen molar-refractivity contribution in [2.45, 2.75) is 12.8 Å². The highest BCUT2D eigenvalue weighted by molar-refractivity contribution is 6.02. The van der Waals surface area contributed by atoms with E-state index in [0.717, 1.165) is 0 Å². The molecule has 0 unspecified atom stereocenters. The maximum absolute atomic E-state index is 13.2. The van der Waals surface area contributed by atoms with Crippen molar-refractivity contribution in [3.8, 4) is 0 Å². The summed E-state index contributed by atoms with van der Waals surface area (Å²) in [4.78, 5) is 41.2. The molecule has 0 spiro atoms. The van der Waals surface area contributed by atoms with Crippen molar-refractivity contribution in [1.82, 2.24) is 10.0 Å². The van der Waals surface area contributed by atoms with Gasteiger partial charge in [0, 0.05) is 18.9 Å². The van der Waals surface area contributed by atoms with Gasteiger partial charge < -0.3 is 4.84 Å². The Labute approximate surface area is 99.1 Å². The Morgan fingerprint density at radius 1 is 1.28 bits per heavy atom. The fraction of sp³-hybridized carbons (Fsp3) is 0.200. The number of nitrogens with zero attached hydrogens (tertiary/aromatic N) is 2. The lowest BCUT2D eigenvalue weighted by Crippen LogP contribution is -2.32. The first kappa shape index (κ1) is 12.1. The molecular weight excluding hydrogens is 250 g/mol. The Bertz CT molecular complexity index is 531. The number of hydroxylamine groups is 2. The first-order valence-corrected chi connectivity index (χ1v) is 4.88. The number of hydrogen-bond donors (Lipinski definition) is 0. The van der Waals surface area contributed by atoms with Crippen LogP contribution in [-0.4, -0.2) is 27.8 Å². The van der Waals surface area contributed by atoms with Gasteiger partial charge in [0.05, 0.1) is 6.20 Å². The second kappa shape index (κ2) is 4.47. The molecule has 0 aromatic carbocycles. The summed E-state index contributed by atoms with van der Waals surface area (Å²) < 4.78 is 25.9. The lowest BCUT2D eigenvalue weighted by molar-refractivity contribution is -0.172. The summed E-state index contributed by atoms with van der Waals surface area (Å²) in [7, 11) is 0. The van der Waals surface area contributed by atoms with Gasteiger partial charge in [0.1, 0.15) is 5.56 Å². The fourth-order valence-electron chi connectivity index (χ4n) is 1.36. The van der Waals surface area contributed by atoms with Gasteiger partial charge in [0.2, 0.25) is 5.95 Å². The van der Waals surface area contributed by atoms with Crippen LogP contribution in [0.1, 0.15) is 23.2 Å². The standard InChI is InChI=1S/C10H6F2N2O4/c11-6-4-13-7(12)3-5(6)10(17)18-14-8(15)1-2-9(14)16/h3-4H,1-2H2. The lowest BCUT2D eigenvalue weighted by Gasteiger charge is -2.12. The Balaban J connectivity index is 2.19. The molecule has 1 saturated heterocycles. The summed E-state index contributed by atoms with van der Waals surface area (Å²) in [6, 6.07) is 0.517. The smallest absolute Gasteiger partial charge is 0.325 e. The van der Waals surface area contributed by atoms with Crippen molar-refractivity contribution in [2.75, 3.05) is 0 Å². The zero-order valence-corrected chi connectivity index (χ0v) is 8.85. The Kier molecular flexibility index (Phi) is 3.00. The third kappa shape index (κ3) is 2.17. The van der Waals surface area contributed by atoms with E-state index in [-0.39, 0.29) is 17.9 Å². The summed E-state index contributed by atoms with van der Waals surface area (Å²) in [5.41, 5.74) is -0.741. The van der Waals surface area contributed by atoms with Gasteiger partial charge in [-0.05, 0) is 0 Å². The molecule has 1 fully saturated rings. The third-order valence-corrected chi connectivity index (χ3v) is 2.22. The van der Waals surface area contributed by atoms with Crippen molar-refractivity contribution in [1.29, 1.82) is 0 Å². The highest BCUT2D eigenvalue weighted by Gasteiger charge is 2.33. The summed E-state index contributed by atoms with van der Waals surface area (Å²) >= 11 is 0. The van der Waals surface area contributed by atoms with Crippen molar-refractivity contribution in [3.05, 3.63) is 29.6 Å². The van der Waals surface area contributed by atoms with Crippen LogP contribution in [0.25, 0.3) is 0 Å². The van der Waals surface area contributed by atoms with Crippen LogP contribution in [0.15, 0.2) is 12.3 Å². The minimum absolute atomic E-state index is 0.0840. The predicted molar refractivity (Wildman–Crippen MR) is 50.7 cm³/mol. The summed E-state index contributed by atoms with van der Waals surface area (Å²) in [6.45, 7) is 0. The molecule has 0 radical (unpaired) electrons. The molecule has 0 bridgehead atoms. The van der Waals surface area contributed by atoms with Crippen LogP contribution in [0, 0.1) is 11.8 Å². The van der Waals surface area contributed by atoms with Gasteiger partial charge in [-0.1, -0.05) is 0 Å². The van der Waals surface area contributed by atoms with Crippen LogP contribution in [0.2, 0.25) is 0 Å². The average Bonchev–Trinajstić information content (AvgIpc) is 2.64. The molecule has 0 aliphatic carbocycles. The molecule has 18 heavy (non-hydrogen) atoms. The van der Waals surface area contributed by atoms with Gasteiger partial charge in [-0.3, -0.25) is 9.59 Å². The molecule has 1 aromatic heterocycles. The molecule has 1 aromatic rings. The Hall–Kier alpha value is -2.38. The number of hydrogen-bond acceptors (Lipinski definition) is 5. The van der Waals surface area contributed by atoms with E-state index in [1.54, 1.807) is 0 Å². The maximum atomic E-state index is 13.2. The molecule has 1 aliphatic heterocycles. The van der Waals surface area contributed by atoms with E-state index in [2.05, 4.69) is 9.82 Å². The second-order valence-corrected chi connectivity index (χ2v) is 3.45. The van der Waals surface area contributed by atoms with Gasteiger partial charge in [-0.15, -0.1) is 5.06 Å². The molecule has 2 heterocycles. The molecular formula is C10H6F2N2O4. The molecule has 94 valence electrons. The predicted octanol–water partition coefficient (Wildman–Crippen LogP) is 0.581. The number of amides is 2. The zero-order chi connectivity index (χ0) is 13.3. The number of halogens is 2. The number of aromatic nitrogens is 1. The normalized spacial score (nSPS) is 15.1. The summed E-state index contributed by atoms with van der Waals surface area (Å²) in [5, 5.41) is 0.250. The minimum atomic E-state index is -1.34. The third-order valence-electron chi connectivity index (χ3n) is 2.22. The van der Waals surface area contributed by atoms with E-state index >= 15 is 0 Å². The molecule has 8 heteroatoms. The molecule has 2 rings (SSSR count). The number of pyridine rings is 1. The highest BCUT2D eigenvalue weighted by Crippen LogP contribution is 2.15. The van der Waals surface area contributed by atoms with Gasteiger partial charge in [0.25, 0.3) is 11.8 Å². The van der Waals surface area contributed by atoms with Crippen molar-refractivity contribution in [3.63, 3.8) is 0 Å².